The van der Waals surface area contributed by atoms with E-state index in [1.54, 1.807) is 7.05 Å². The monoisotopic (exact) mass is 213 g/mol. The minimum atomic E-state index is -0.412. The van der Waals surface area contributed by atoms with Crippen molar-refractivity contribution in [3.8, 4) is 0 Å². The number of hydrogen-bond acceptors (Lipinski definition) is 5. The van der Waals surface area contributed by atoms with Crippen molar-refractivity contribution in [1.29, 1.82) is 0 Å². The lowest BCUT2D eigenvalue weighted by Gasteiger charge is -2.03. The van der Waals surface area contributed by atoms with Crippen molar-refractivity contribution in [3.05, 3.63) is 15.8 Å². The maximum Gasteiger partial charge on any atom is 0.333 e. The molecule has 0 aromatic carbocycles. The zero-order valence-corrected chi connectivity index (χ0v) is 8.86. The van der Waals surface area contributed by atoms with Crippen LogP contribution in [0.3, 0.4) is 0 Å². The fourth-order valence-corrected chi connectivity index (χ4v) is 1.39. The van der Waals surface area contributed by atoms with E-state index >= 15 is 0 Å². The van der Waals surface area contributed by atoms with Gasteiger partial charge in [-0.15, -0.1) is 0 Å². The number of aromatic nitrogens is 2. The van der Waals surface area contributed by atoms with E-state index in [-0.39, 0.29) is 5.69 Å². The molecule has 0 unspecified atom stereocenters. The van der Waals surface area contributed by atoms with Crippen LogP contribution in [0.15, 0.2) is 0 Å². The summed E-state index contributed by atoms with van der Waals surface area (Å²) in [6, 6.07) is 0. The third-order valence-electron chi connectivity index (χ3n) is 2.05. The van der Waals surface area contributed by atoms with Gasteiger partial charge in [0.15, 0.2) is 0 Å². The number of nitrogens with two attached hydrogens (primary N) is 1. The van der Waals surface area contributed by atoms with Crippen LogP contribution in [0.25, 0.3) is 0 Å². The van der Waals surface area contributed by atoms with Gasteiger partial charge in [0, 0.05) is 20.1 Å². The molecule has 84 valence electrons. The van der Waals surface area contributed by atoms with Crippen LogP contribution in [0, 0.1) is 10.1 Å². The van der Waals surface area contributed by atoms with Crippen LogP contribution in [0.2, 0.25) is 0 Å². The van der Waals surface area contributed by atoms with Gasteiger partial charge >= 0.3 is 5.69 Å². The molecule has 1 aromatic rings. The van der Waals surface area contributed by atoms with E-state index in [1.165, 1.54) is 4.68 Å². The molecule has 0 saturated carbocycles. The van der Waals surface area contributed by atoms with E-state index in [2.05, 4.69) is 10.4 Å². The Hall–Kier alpha value is -1.63. The van der Waals surface area contributed by atoms with Crippen molar-refractivity contribution in [2.24, 2.45) is 12.8 Å². The lowest BCUT2D eigenvalue weighted by Crippen LogP contribution is -2.15. The number of nitrogens with zero attached hydrogens (tertiary/aromatic N) is 3. The molecule has 7 heteroatoms. The van der Waals surface area contributed by atoms with Gasteiger partial charge in [-0.05, 0) is 6.42 Å². The Bertz CT molecular complexity index is 360. The van der Waals surface area contributed by atoms with E-state index in [9.17, 15) is 10.1 Å². The van der Waals surface area contributed by atoms with Gasteiger partial charge in [0.05, 0.1) is 4.92 Å². The molecule has 0 bridgehead atoms. The van der Waals surface area contributed by atoms with Crippen LogP contribution < -0.4 is 11.1 Å². The molecule has 0 saturated heterocycles. The lowest BCUT2D eigenvalue weighted by molar-refractivity contribution is -0.384. The van der Waals surface area contributed by atoms with Gasteiger partial charge in [0.1, 0.15) is 5.69 Å². The molecule has 0 spiro atoms. The smallest absolute Gasteiger partial charge is 0.333 e. The summed E-state index contributed by atoms with van der Waals surface area (Å²) in [5.74, 6) is 0.419. The van der Waals surface area contributed by atoms with Gasteiger partial charge in [-0.25, -0.2) is 4.68 Å². The van der Waals surface area contributed by atoms with Crippen LogP contribution in [0.5, 0.6) is 0 Å². The second-order valence-corrected chi connectivity index (χ2v) is 3.09. The molecule has 0 aliphatic rings. The third-order valence-corrected chi connectivity index (χ3v) is 2.05. The highest BCUT2D eigenvalue weighted by molar-refractivity contribution is 5.59. The lowest BCUT2D eigenvalue weighted by atomic mass is 10.3. The molecule has 1 heterocycles. The van der Waals surface area contributed by atoms with Gasteiger partial charge < -0.3 is 11.1 Å². The van der Waals surface area contributed by atoms with Crippen molar-refractivity contribution in [3.63, 3.8) is 0 Å². The normalized spacial score (nSPS) is 10.3. The van der Waals surface area contributed by atoms with E-state index in [0.29, 0.717) is 31.0 Å². The molecular weight excluding hydrogens is 198 g/mol. The Labute approximate surface area is 87.4 Å². The molecule has 0 atom stereocenters. The molecule has 7 nitrogen and oxygen atoms in total. The molecule has 15 heavy (non-hydrogen) atoms. The molecule has 1 aromatic heterocycles. The van der Waals surface area contributed by atoms with Crippen molar-refractivity contribution >= 4 is 11.5 Å². The standard InChI is InChI=1S/C8H15N5O2/c1-3-6-7(13(14)15)8(10-5-4-9)12(2)11-6/h10H,3-5,9H2,1-2H3. The number of hydrogen-bond donors (Lipinski definition) is 2. The molecule has 0 aliphatic heterocycles. The SMILES string of the molecule is CCc1nn(C)c(NCCN)c1[N+](=O)[O-]. The second-order valence-electron chi connectivity index (χ2n) is 3.09. The fourth-order valence-electron chi connectivity index (χ4n) is 1.39. The van der Waals surface area contributed by atoms with E-state index in [0.717, 1.165) is 0 Å². The summed E-state index contributed by atoms with van der Waals surface area (Å²) in [4.78, 5) is 10.4. The molecule has 0 fully saturated rings. The van der Waals surface area contributed by atoms with Crippen molar-refractivity contribution in [1.82, 2.24) is 9.78 Å². The largest absolute Gasteiger partial charge is 0.363 e. The average Bonchev–Trinajstić information content (AvgIpc) is 2.52. The topological polar surface area (TPSA) is 99.0 Å². The first-order valence-corrected chi connectivity index (χ1v) is 4.76. The number of nitrogens with one attached hydrogen (secondary N) is 1. The predicted molar refractivity (Wildman–Crippen MR) is 56.8 cm³/mol. The number of rotatable bonds is 5. The van der Waals surface area contributed by atoms with E-state index in [1.807, 2.05) is 6.92 Å². The first kappa shape index (κ1) is 11.4. The molecule has 0 amide bonds. The average molecular weight is 213 g/mol. The summed E-state index contributed by atoms with van der Waals surface area (Å²) in [6.45, 7) is 2.75. The van der Waals surface area contributed by atoms with Crippen LogP contribution in [0.4, 0.5) is 11.5 Å². The van der Waals surface area contributed by atoms with Gasteiger partial charge in [-0.3, -0.25) is 10.1 Å². The van der Waals surface area contributed by atoms with E-state index < -0.39 is 4.92 Å². The number of aryl methyl sites for hydroxylation is 2. The third kappa shape index (κ3) is 2.24. The van der Waals surface area contributed by atoms with Crippen LogP contribution in [0.1, 0.15) is 12.6 Å². The molecule has 0 radical (unpaired) electrons. The summed E-state index contributed by atoms with van der Waals surface area (Å²) >= 11 is 0. The summed E-state index contributed by atoms with van der Waals surface area (Å²) in [6.07, 6.45) is 0.536. The van der Waals surface area contributed by atoms with Crippen molar-refractivity contribution in [2.75, 3.05) is 18.4 Å². The zero-order chi connectivity index (χ0) is 11.4. The fraction of sp³-hybridized carbons (Fsp3) is 0.625. The van der Waals surface area contributed by atoms with E-state index in [4.69, 9.17) is 5.73 Å². The predicted octanol–water partition coefficient (Wildman–Crippen LogP) is 0.261. The van der Waals surface area contributed by atoms with Crippen molar-refractivity contribution < 1.29 is 4.92 Å². The second kappa shape index (κ2) is 4.74. The Morgan fingerprint density at radius 2 is 2.33 bits per heavy atom. The minimum absolute atomic E-state index is 0.0495. The molecule has 3 N–H and O–H groups in total. The first-order chi connectivity index (χ1) is 7.11. The minimum Gasteiger partial charge on any atom is -0.363 e. The summed E-state index contributed by atoms with van der Waals surface area (Å²) in [5, 5.41) is 17.8. The molecular formula is C8H15N5O2. The summed E-state index contributed by atoms with van der Waals surface area (Å²) < 4.78 is 1.48. The maximum absolute atomic E-state index is 10.9. The summed E-state index contributed by atoms with van der Waals surface area (Å²) in [5.41, 5.74) is 5.87. The highest BCUT2D eigenvalue weighted by Gasteiger charge is 2.24. The Morgan fingerprint density at radius 3 is 2.80 bits per heavy atom. The Morgan fingerprint density at radius 1 is 1.67 bits per heavy atom. The van der Waals surface area contributed by atoms with Crippen LogP contribution in [-0.4, -0.2) is 27.8 Å². The summed E-state index contributed by atoms with van der Waals surface area (Å²) in [7, 11) is 1.67. The number of nitro groups is 1. The highest BCUT2D eigenvalue weighted by Crippen LogP contribution is 2.27. The molecule has 0 aliphatic carbocycles. The van der Waals surface area contributed by atoms with Crippen LogP contribution in [-0.2, 0) is 13.5 Å². The van der Waals surface area contributed by atoms with Crippen molar-refractivity contribution in [2.45, 2.75) is 13.3 Å². The quantitative estimate of drug-likeness (QED) is 0.540. The molecule has 1 rings (SSSR count). The Kier molecular flexibility index (Phi) is 3.62. The maximum atomic E-state index is 10.9. The zero-order valence-electron chi connectivity index (χ0n) is 8.86. The van der Waals surface area contributed by atoms with Gasteiger partial charge in [-0.2, -0.15) is 5.10 Å². The van der Waals surface area contributed by atoms with Crippen LogP contribution >= 0.6 is 0 Å². The highest BCUT2D eigenvalue weighted by atomic mass is 16.6. The van der Waals surface area contributed by atoms with Gasteiger partial charge in [-0.1, -0.05) is 6.92 Å². The van der Waals surface area contributed by atoms with Gasteiger partial charge in [0.25, 0.3) is 0 Å². The number of anilines is 1. The first-order valence-electron chi connectivity index (χ1n) is 4.76. The van der Waals surface area contributed by atoms with Gasteiger partial charge in [0.2, 0.25) is 5.82 Å². The Balaban J connectivity index is 3.10.